The van der Waals surface area contributed by atoms with Crippen LogP contribution < -0.4 is 9.64 Å². The minimum atomic E-state index is -0.714. The second kappa shape index (κ2) is 11.3. The Kier molecular flexibility index (Phi) is 7.53. The third-order valence-electron chi connectivity index (χ3n) is 6.18. The Morgan fingerprint density at radius 3 is 2.62 bits per heavy atom. The summed E-state index contributed by atoms with van der Waals surface area (Å²) in [6.45, 7) is 2.74. The fraction of sp³-hybridized carbons (Fsp3) is 0.222. The van der Waals surface area contributed by atoms with Gasteiger partial charge in [0.1, 0.15) is 23.1 Å². The van der Waals surface area contributed by atoms with Crippen LogP contribution in [0.2, 0.25) is 0 Å². The van der Waals surface area contributed by atoms with Crippen molar-refractivity contribution in [1.29, 1.82) is 5.26 Å². The van der Waals surface area contributed by atoms with Crippen LogP contribution in [0.15, 0.2) is 59.4 Å². The fourth-order valence-electron chi connectivity index (χ4n) is 4.21. The number of nitro groups is 1. The number of nitriles is 1. The molecule has 0 N–H and O–H groups in total. The Morgan fingerprint density at radius 2 is 1.97 bits per heavy atom. The molecule has 4 heterocycles. The summed E-state index contributed by atoms with van der Waals surface area (Å²) in [4.78, 5) is 29.8. The summed E-state index contributed by atoms with van der Waals surface area (Å²) in [5.41, 5.74) is 4.05. The maximum Gasteiger partial charge on any atom is 0.348 e. The van der Waals surface area contributed by atoms with Crippen LogP contribution >= 0.6 is 11.3 Å². The van der Waals surface area contributed by atoms with Crippen molar-refractivity contribution in [3.05, 3.63) is 81.1 Å². The van der Waals surface area contributed by atoms with Crippen LogP contribution in [0.3, 0.4) is 0 Å². The van der Waals surface area contributed by atoms with Gasteiger partial charge >= 0.3 is 11.0 Å². The van der Waals surface area contributed by atoms with Crippen LogP contribution in [-0.4, -0.2) is 49.3 Å². The number of nitrogens with zero attached hydrogens (tertiary/aromatic N) is 4. The van der Waals surface area contributed by atoms with E-state index in [0.29, 0.717) is 41.4 Å². The largest absolute Gasteiger partial charge is 0.472 e. The van der Waals surface area contributed by atoms with Gasteiger partial charge in [-0.2, -0.15) is 5.26 Å². The van der Waals surface area contributed by atoms with E-state index in [4.69, 9.17) is 18.6 Å². The highest BCUT2D eigenvalue weighted by atomic mass is 32.1. The van der Waals surface area contributed by atoms with Crippen molar-refractivity contribution < 1.29 is 28.3 Å². The molecule has 11 nitrogen and oxygen atoms in total. The molecular weight excluding hydrogens is 524 g/mol. The number of hydrogen-bond donors (Lipinski definition) is 0. The predicted molar refractivity (Wildman–Crippen MR) is 142 cm³/mol. The van der Waals surface area contributed by atoms with E-state index in [1.165, 1.54) is 25.7 Å². The number of pyridine rings is 1. The number of anilines is 1. The van der Waals surface area contributed by atoms with Crippen molar-refractivity contribution in [2.45, 2.75) is 6.61 Å². The van der Waals surface area contributed by atoms with Gasteiger partial charge in [0.25, 0.3) is 0 Å². The first-order valence-corrected chi connectivity index (χ1v) is 12.7. The summed E-state index contributed by atoms with van der Waals surface area (Å²) >= 11 is 0.696. The minimum Gasteiger partial charge on any atom is -0.472 e. The van der Waals surface area contributed by atoms with Crippen LogP contribution in [0.4, 0.5) is 10.7 Å². The number of carbonyl (C=O) groups is 1. The molecule has 0 atom stereocenters. The summed E-state index contributed by atoms with van der Waals surface area (Å²) in [7, 11) is 1.19. The number of ether oxygens (including phenoxy) is 3. The fourth-order valence-corrected chi connectivity index (χ4v) is 5.12. The van der Waals surface area contributed by atoms with E-state index in [2.05, 4.69) is 16.0 Å². The molecule has 4 aromatic rings. The number of furan rings is 1. The van der Waals surface area contributed by atoms with Crippen molar-refractivity contribution in [3.63, 3.8) is 0 Å². The highest BCUT2D eigenvalue weighted by Crippen LogP contribution is 2.36. The first-order valence-electron chi connectivity index (χ1n) is 11.9. The van der Waals surface area contributed by atoms with E-state index in [1.807, 2.05) is 24.3 Å². The second-order valence-corrected chi connectivity index (χ2v) is 9.51. The third-order valence-corrected chi connectivity index (χ3v) is 7.29. The Morgan fingerprint density at radius 1 is 1.21 bits per heavy atom. The molecule has 1 aliphatic heterocycles. The molecule has 39 heavy (non-hydrogen) atoms. The van der Waals surface area contributed by atoms with Crippen LogP contribution in [0, 0.1) is 21.4 Å². The van der Waals surface area contributed by atoms with Crippen molar-refractivity contribution in [3.8, 4) is 34.3 Å². The molecule has 12 heteroatoms. The molecule has 0 bridgehead atoms. The molecule has 0 aliphatic carbocycles. The first-order chi connectivity index (χ1) is 19.0. The minimum absolute atomic E-state index is 0.0214. The zero-order chi connectivity index (χ0) is 27.4. The van der Waals surface area contributed by atoms with Gasteiger partial charge < -0.3 is 23.5 Å². The van der Waals surface area contributed by atoms with Gasteiger partial charge in [-0.3, -0.25) is 10.1 Å². The number of rotatable bonds is 8. The molecule has 5 rings (SSSR count). The van der Waals surface area contributed by atoms with E-state index in [0.717, 1.165) is 24.3 Å². The number of thiophene rings is 1. The summed E-state index contributed by atoms with van der Waals surface area (Å²) in [6, 6.07) is 14.8. The quantitative estimate of drug-likeness (QED) is 0.167. The van der Waals surface area contributed by atoms with Crippen LogP contribution in [0.5, 0.6) is 5.88 Å². The molecule has 0 unspecified atom stereocenters. The molecule has 1 aliphatic rings. The number of morpholine rings is 1. The maximum absolute atomic E-state index is 12.2. The summed E-state index contributed by atoms with van der Waals surface area (Å²) in [5.74, 6) is -0.693. The van der Waals surface area contributed by atoms with Gasteiger partial charge in [0, 0.05) is 47.1 Å². The monoisotopic (exact) mass is 546 g/mol. The first kappa shape index (κ1) is 25.9. The van der Waals surface area contributed by atoms with Gasteiger partial charge in [-0.15, -0.1) is 0 Å². The highest BCUT2D eigenvalue weighted by Gasteiger charge is 2.24. The molecule has 1 aromatic carbocycles. The van der Waals surface area contributed by atoms with E-state index >= 15 is 0 Å². The molecular formula is C27H22N4O7S. The Hall–Kier alpha value is -4.73. The van der Waals surface area contributed by atoms with E-state index < -0.39 is 10.9 Å². The lowest BCUT2D eigenvalue weighted by Crippen LogP contribution is -2.36. The molecule has 1 saturated heterocycles. The van der Waals surface area contributed by atoms with Gasteiger partial charge in [-0.25, -0.2) is 9.78 Å². The number of carbonyl (C=O) groups excluding carboxylic acids is 1. The Bertz CT molecular complexity index is 1540. The molecule has 198 valence electrons. The van der Waals surface area contributed by atoms with Gasteiger partial charge in [-0.05, 0) is 24.3 Å². The number of methoxy groups -OCH3 is 1. The molecule has 3 aromatic heterocycles. The number of aromatic nitrogens is 1. The predicted octanol–water partition coefficient (Wildman–Crippen LogP) is 5.05. The number of benzene rings is 1. The van der Waals surface area contributed by atoms with Crippen molar-refractivity contribution in [2.75, 3.05) is 38.3 Å². The van der Waals surface area contributed by atoms with Crippen LogP contribution in [-0.2, 0) is 16.1 Å². The zero-order valence-corrected chi connectivity index (χ0v) is 21.6. The molecule has 0 spiro atoms. The second-order valence-electron chi connectivity index (χ2n) is 8.48. The SMILES string of the molecule is COC(=O)c1sc([N+](=O)[O-])cc1COc1nc(-c2ccc(N3CCOCC3)cc2)cc(-c2ccoc2)c1C#N. The van der Waals surface area contributed by atoms with Crippen molar-refractivity contribution in [2.24, 2.45) is 0 Å². The topological polar surface area (TPSA) is 141 Å². The lowest BCUT2D eigenvalue weighted by Gasteiger charge is -2.28. The molecule has 1 fully saturated rings. The lowest BCUT2D eigenvalue weighted by atomic mass is 10.0. The normalized spacial score (nSPS) is 13.1. The smallest absolute Gasteiger partial charge is 0.348 e. The average molecular weight is 547 g/mol. The Balaban J connectivity index is 1.52. The number of hydrogen-bond acceptors (Lipinski definition) is 11. The van der Waals surface area contributed by atoms with Gasteiger partial charge in [0.15, 0.2) is 0 Å². The van der Waals surface area contributed by atoms with Crippen LogP contribution in [0.25, 0.3) is 22.4 Å². The maximum atomic E-state index is 12.2. The van der Waals surface area contributed by atoms with Gasteiger partial charge in [-0.1, -0.05) is 23.5 Å². The highest BCUT2D eigenvalue weighted by molar-refractivity contribution is 7.17. The van der Waals surface area contributed by atoms with Gasteiger partial charge in [0.05, 0.1) is 43.5 Å². The van der Waals surface area contributed by atoms with Crippen molar-refractivity contribution >= 4 is 28.0 Å². The molecule has 0 amide bonds. The average Bonchev–Trinajstić information content (AvgIpc) is 3.67. The number of esters is 1. The summed E-state index contributed by atoms with van der Waals surface area (Å²) in [5, 5.41) is 21.1. The van der Waals surface area contributed by atoms with Crippen molar-refractivity contribution in [1.82, 2.24) is 4.98 Å². The Labute approximate surface area is 226 Å². The van der Waals surface area contributed by atoms with E-state index in [9.17, 15) is 20.2 Å². The lowest BCUT2D eigenvalue weighted by molar-refractivity contribution is -0.380. The van der Waals surface area contributed by atoms with Crippen LogP contribution in [0.1, 0.15) is 20.8 Å². The van der Waals surface area contributed by atoms with Gasteiger partial charge in [0.2, 0.25) is 5.88 Å². The molecule has 0 saturated carbocycles. The van der Waals surface area contributed by atoms with E-state index in [-0.39, 0.29) is 33.5 Å². The van der Waals surface area contributed by atoms with E-state index in [1.54, 1.807) is 12.1 Å². The summed E-state index contributed by atoms with van der Waals surface area (Å²) in [6.07, 6.45) is 3.02. The zero-order valence-electron chi connectivity index (χ0n) is 20.8. The third kappa shape index (κ3) is 5.45. The molecule has 0 radical (unpaired) electrons. The standard InChI is InChI=1S/C27H22N4O7S/c1-35-27(32)25-19(12-24(39-25)31(33)34)16-38-26-22(14-28)21(18-6-9-37-15-18)13-23(29-26)17-2-4-20(5-3-17)30-7-10-36-11-8-30/h2-6,9,12-13,15H,7-8,10-11,16H2,1H3. The summed E-state index contributed by atoms with van der Waals surface area (Å²) < 4.78 is 21.4.